The highest BCUT2D eigenvalue weighted by Gasteiger charge is 2.25. The first-order chi connectivity index (χ1) is 16.7. The average Bonchev–Trinajstić information content (AvgIpc) is 3.20. The zero-order valence-electron chi connectivity index (χ0n) is 18.2. The minimum Gasteiger partial charge on any atom is -0.315 e. The average molecular weight is 444 g/mol. The van der Waals surface area contributed by atoms with Crippen molar-refractivity contribution in [2.45, 2.75) is 0 Å². The molecule has 3 aromatic rings. The Kier molecular flexibility index (Phi) is 5.80. The number of hydrogen-bond donors (Lipinski definition) is 1. The van der Waals surface area contributed by atoms with E-state index < -0.39 is 0 Å². The first kappa shape index (κ1) is 21.1. The van der Waals surface area contributed by atoms with Crippen molar-refractivity contribution < 1.29 is 9.59 Å². The van der Waals surface area contributed by atoms with Crippen molar-refractivity contribution in [3.63, 3.8) is 0 Å². The molecule has 2 aromatic carbocycles. The molecular weight excluding hydrogens is 424 g/mol. The van der Waals surface area contributed by atoms with Crippen LogP contribution in [0.15, 0.2) is 106 Å². The lowest BCUT2D eigenvalue weighted by atomic mass is 9.95. The molecule has 0 unspecified atom stereocenters. The second-order valence-corrected chi connectivity index (χ2v) is 7.64. The van der Waals surface area contributed by atoms with Gasteiger partial charge in [0.05, 0.1) is 29.5 Å². The summed E-state index contributed by atoms with van der Waals surface area (Å²) in [5.74, 6) is -0.744. The van der Waals surface area contributed by atoms with Crippen LogP contribution in [0.25, 0.3) is 28.2 Å². The summed E-state index contributed by atoms with van der Waals surface area (Å²) in [6, 6.07) is 18.1. The predicted molar refractivity (Wildman–Crippen MR) is 136 cm³/mol. The van der Waals surface area contributed by atoms with Gasteiger partial charge in [0.15, 0.2) is 0 Å². The van der Waals surface area contributed by atoms with Crippen molar-refractivity contribution in [1.82, 2.24) is 9.88 Å². The van der Waals surface area contributed by atoms with Crippen LogP contribution in [0.4, 0.5) is 0 Å². The van der Waals surface area contributed by atoms with Gasteiger partial charge < -0.3 is 4.57 Å². The number of nitrogens with one attached hydrogen (secondary N) is 1. The minimum atomic E-state index is -0.376. The van der Waals surface area contributed by atoms with Crippen molar-refractivity contribution in [2.24, 2.45) is 9.98 Å². The lowest BCUT2D eigenvalue weighted by molar-refractivity contribution is -0.123. The molecule has 3 heterocycles. The number of hydrogen-bond acceptors (Lipinski definition) is 4. The lowest BCUT2D eigenvalue weighted by Crippen LogP contribution is -2.22. The van der Waals surface area contributed by atoms with E-state index in [0.717, 1.165) is 16.8 Å². The van der Waals surface area contributed by atoms with Gasteiger partial charge in [-0.1, -0.05) is 54.6 Å². The first-order valence-electron chi connectivity index (χ1n) is 10.8. The topological polar surface area (TPSA) is 75.8 Å². The largest absolute Gasteiger partial charge is 0.315 e. The second kappa shape index (κ2) is 9.36. The van der Waals surface area contributed by atoms with Crippen molar-refractivity contribution in [1.29, 1.82) is 0 Å². The molecule has 0 atom stereocenters. The van der Waals surface area contributed by atoms with Gasteiger partial charge in [0.2, 0.25) is 0 Å². The summed E-state index contributed by atoms with van der Waals surface area (Å²) in [7, 11) is 0. The molecule has 0 fully saturated rings. The molecule has 6 heteroatoms. The number of nitrogens with zero attached hydrogens (tertiary/aromatic N) is 3. The zero-order valence-corrected chi connectivity index (χ0v) is 18.2. The van der Waals surface area contributed by atoms with E-state index in [1.54, 1.807) is 12.4 Å². The number of carbonyl (C=O) groups is 2. The fourth-order valence-electron chi connectivity index (χ4n) is 3.92. The van der Waals surface area contributed by atoms with Crippen LogP contribution in [0.1, 0.15) is 11.1 Å². The molecule has 6 nitrogen and oxygen atoms in total. The molecule has 2 aliphatic heterocycles. The van der Waals surface area contributed by atoms with Crippen LogP contribution in [0, 0.1) is 0 Å². The van der Waals surface area contributed by atoms with Gasteiger partial charge in [-0.25, -0.2) is 4.99 Å². The van der Waals surface area contributed by atoms with Gasteiger partial charge in [-0.15, -0.1) is 5.73 Å². The summed E-state index contributed by atoms with van der Waals surface area (Å²) >= 11 is 0. The van der Waals surface area contributed by atoms with Gasteiger partial charge in [-0.2, -0.15) is 0 Å². The molecule has 1 aliphatic carbocycles. The van der Waals surface area contributed by atoms with E-state index in [-0.39, 0.29) is 11.8 Å². The molecule has 0 spiro atoms. The van der Waals surface area contributed by atoms with E-state index in [1.807, 2.05) is 54.8 Å². The monoisotopic (exact) mass is 444 g/mol. The standard InChI is InChI=1S/C15H9NO2.C13H11N3/c17-14-9-13(15(18)16-14)12-8-4-2-6-10-5-1-3-7-11(10)12;1-2-4-13-11(3-1)6-8-16(13)12-5-7-14-10-15-9-12/h1-7,9H,(H,16,17,18);1-6,8-10H,7H2. The normalized spacial score (nSPS) is 16.1. The number of fused-ring (bicyclic) bond motifs is 2. The summed E-state index contributed by atoms with van der Waals surface area (Å²) < 4.78 is 2.13. The Balaban J connectivity index is 0.000000142. The van der Waals surface area contributed by atoms with Crippen molar-refractivity contribution in [3.05, 3.63) is 108 Å². The summed E-state index contributed by atoms with van der Waals surface area (Å²) in [5, 5.41) is 3.49. The fourth-order valence-corrected chi connectivity index (χ4v) is 3.92. The van der Waals surface area contributed by atoms with Crippen LogP contribution in [0.2, 0.25) is 0 Å². The van der Waals surface area contributed by atoms with Gasteiger partial charge >= 0.3 is 0 Å². The maximum Gasteiger partial charge on any atom is 0.259 e. The fraction of sp³-hybridized carbons (Fsp3) is 0.0357. The number of amides is 2. The number of benzene rings is 2. The molecule has 6 rings (SSSR count). The second-order valence-electron chi connectivity index (χ2n) is 7.64. The number of rotatable bonds is 2. The Morgan fingerprint density at radius 1 is 1.00 bits per heavy atom. The quantitative estimate of drug-likeness (QED) is 0.469. The van der Waals surface area contributed by atoms with E-state index in [2.05, 4.69) is 56.1 Å². The molecule has 34 heavy (non-hydrogen) atoms. The number of carbonyl (C=O) groups excluding carboxylic acids is 2. The summed E-state index contributed by atoms with van der Waals surface area (Å²) in [5.41, 5.74) is 8.24. The Labute approximate surface area is 196 Å². The molecule has 0 saturated heterocycles. The maximum absolute atomic E-state index is 11.7. The highest BCUT2D eigenvalue weighted by atomic mass is 16.2. The summed E-state index contributed by atoms with van der Waals surface area (Å²) in [4.78, 5) is 31.1. The number of allylic oxidation sites excluding steroid dienone is 2. The number of para-hydroxylation sites is 1. The zero-order chi connectivity index (χ0) is 23.3. The van der Waals surface area contributed by atoms with Gasteiger partial charge in [0, 0.05) is 17.8 Å². The van der Waals surface area contributed by atoms with Gasteiger partial charge in [-0.05, 0) is 40.8 Å². The van der Waals surface area contributed by atoms with Crippen molar-refractivity contribution in [3.8, 4) is 0 Å². The van der Waals surface area contributed by atoms with Crippen LogP contribution in [-0.2, 0) is 9.59 Å². The van der Waals surface area contributed by atoms with Crippen molar-refractivity contribution >= 4 is 52.6 Å². The third kappa shape index (κ3) is 4.26. The Bertz CT molecular complexity index is 1520. The molecule has 164 valence electrons. The van der Waals surface area contributed by atoms with Crippen LogP contribution in [0.5, 0.6) is 0 Å². The Morgan fingerprint density at radius 3 is 2.74 bits per heavy atom. The molecule has 2 amide bonds. The van der Waals surface area contributed by atoms with E-state index in [9.17, 15) is 9.59 Å². The number of aromatic nitrogens is 1. The maximum atomic E-state index is 11.7. The van der Waals surface area contributed by atoms with E-state index in [0.29, 0.717) is 17.7 Å². The molecule has 3 aliphatic rings. The Morgan fingerprint density at radius 2 is 1.85 bits per heavy atom. The SMILES string of the molecule is C1=NC=NCC=C1n1ccc2ccccc21.O=C1C=C(C2=C=CC=Cc3ccccc32)C(=O)N1. The molecule has 0 radical (unpaired) electrons. The van der Waals surface area contributed by atoms with Gasteiger partial charge in [0.1, 0.15) is 6.34 Å². The molecular formula is C28H20N4O2. The molecule has 0 saturated carbocycles. The minimum absolute atomic E-state index is 0.368. The van der Waals surface area contributed by atoms with Gasteiger partial charge in [0.25, 0.3) is 11.8 Å². The van der Waals surface area contributed by atoms with Crippen LogP contribution in [0.3, 0.4) is 0 Å². The number of aliphatic imine (C=N–C) groups is 2. The number of imide groups is 1. The third-order valence-corrected chi connectivity index (χ3v) is 5.49. The highest BCUT2D eigenvalue weighted by Crippen LogP contribution is 2.29. The first-order valence-corrected chi connectivity index (χ1v) is 10.8. The van der Waals surface area contributed by atoms with Crippen LogP contribution < -0.4 is 5.32 Å². The smallest absolute Gasteiger partial charge is 0.259 e. The van der Waals surface area contributed by atoms with E-state index in [4.69, 9.17) is 0 Å². The van der Waals surface area contributed by atoms with Crippen LogP contribution in [-0.4, -0.2) is 35.5 Å². The van der Waals surface area contributed by atoms with E-state index in [1.165, 1.54) is 17.0 Å². The highest BCUT2D eigenvalue weighted by molar-refractivity contribution is 6.24. The molecule has 0 bridgehead atoms. The van der Waals surface area contributed by atoms with Crippen molar-refractivity contribution in [2.75, 3.05) is 6.54 Å². The summed E-state index contributed by atoms with van der Waals surface area (Å²) in [6.07, 6.45) is 14.4. The van der Waals surface area contributed by atoms with E-state index >= 15 is 0 Å². The lowest BCUT2D eigenvalue weighted by Gasteiger charge is -2.07. The van der Waals surface area contributed by atoms with Gasteiger partial charge in [-0.3, -0.25) is 19.9 Å². The summed E-state index contributed by atoms with van der Waals surface area (Å²) in [6.45, 7) is 0.682. The third-order valence-electron chi connectivity index (χ3n) is 5.49. The van der Waals surface area contributed by atoms with Crippen LogP contribution >= 0.6 is 0 Å². The molecule has 1 N–H and O–H groups in total. The Hall–Kier alpha value is -4.80. The molecule has 1 aromatic heterocycles. The predicted octanol–water partition coefficient (Wildman–Crippen LogP) is 4.43.